The minimum Gasteiger partial charge on any atom is -0.480 e. The van der Waals surface area contributed by atoms with Gasteiger partial charge < -0.3 is 21.9 Å². The minimum atomic E-state index is -1.21. The maximum atomic E-state index is 11.8. The summed E-state index contributed by atoms with van der Waals surface area (Å²) in [5, 5.41) is 11.3. The van der Waals surface area contributed by atoms with Crippen LogP contribution in [0.1, 0.15) is 30.9 Å². The molecule has 7 nitrogen and oxygen atoms in total. The highest BCUT2D eigenvalue weighted by molar-refractivity contribution is 5.84. The van der Waals surface area contributed by atoms with Crippen LogP contribution in [0, 0.1) is 0 Å². The number of hydrogen-bond donors (Lipinski definition) is 4. The van der Waals surface area contributed by atoms with E-state index in [1.807, 2.05) is 6.07 Å². The van der Waals surface area contributed by atoms with E-state index in [1.54, 1.807) is 24.3 Å². The van der Waals surface area contributed by atoms with Crippen LogP contribution in [-0.4, -0.2) is 28.9 Å². The smallest absolute Gasteiger partial charge is 0.326 e. The van der Waals surface area contributed by atoms with Gasteiger partial charge in [-0.15, -0.1) is 0 Å². The molecule has 0 aliphatic rings. The van der Waals surface area contributed by atoms with Gasteiger partial charge in [-0.25, -0.2) is 4.79 Å². The first-order valence-corrected chi connectivity index (χ1v) is 6.51. The monoisotopic (exact) mass is 293 g/mol. The third-order valence-electron chi connectivity index (χ3n) is 2.95. The molecule has 0 heterocycles. The van der Waals surface area contributed by atoms with Crippen LogP contribution in [0.2, 0.25) is 0 Å². The van der Waals surface area contributed by atoms with E-state index in [0.29, 0.717) is 0 Å². The highest BCUT2D eigenvalue weighted by Gasteiger charge is 2.21. The third-order valence-corrected chi connectivity index (χ3v) is 2.95. The topological polar surface area (TPSA) is 136 Å². The summed E-state index contributed by atoms with van der Waals surface area (Å²) in [7, 11) is 0. The Kier molecular flexibility index (Phi) is 6.35. The Morgan fingerprint density at radius 1 is 1.19 bits per heavy atom. The highest BCUT2D eigenvalue weighted by atomic mass is 16.4. The van der Waals surface area contributed by atoms with Crippen LogP contribution in [0.25, 0.3) is 0 Å². The van der Waals surface area contributed by atoms with Crippen LogP contribution in [-0.2, 0) is 14.4 Å². The van der Waals surface area contributed by atoms with Crippen LogP contribution in [0.5, 0.6) is 0 Å². The van der Waals surface area contributed by atoms with Gasteiger partial charge >= 0.3 is 5.97 Å². The maximum Gasteiger partial charge on any atom is 0.326 e. The van der Waals surface area contributed by atoms with Gasteiger partial charge in [-0.05, 0) is 12.0 Å². The summed E-state index contributed by atoms with van der Waals surface area (Å²) in [5.41, 5.74) is 11.6. The number of nitrogens with two attached hydrogens (primary N) is 2. The first-order chi connectivity index (χ1) is 9.90. The Hall–Kier alpha value is -2.41. The van der Waals surface area contributed by atoms with Crippen LogP contribution in [0.15, 0.2) is 30.3 Å². The van der Waals surface area contributed by atoms with Gasteiger partial charge in [0.15, 0.2) is 0 Å². The number of carboxylic acid groups (broad SMARTS) is 1. The fraction of sp³-hybridized carbons (Fsp3) is 0.357. The van der Waals surface area contributed by atoms with E-state index in [0.717, 1.165) is 5.56 Å². The SMILES string of the molecule is NC(=O)CC[C@H](NC(=O)CC(N)c1ccccc1)C(=O)O. The van der Waals surface area contributed by atoms with E-state index in [1.165, 1.54) is 0 Å². The zero-order chi connectivity index (χ0) is 15.8. The van der Waals surface area contributed by atoms with E-state index in [-0.39, 0.29) is 19.3 Å². The van der Waals surface area contributed by atoms with Crippen molar-refractivity contribution in [3.63, 3.8) is 0 Å². The summed E-state index contributed by atoms with van der Waals surface area (Å²) < 4.78 is 0. The molecule has 2 amide bonds. The van der Waals surface area contributed by atoms with Crippen molar-refractivity contribution >= 4 is 17.8 Å². The summed E-state index contributed by atoms with van der Waals surface area (Å²) in [4.78, 5) is 33.5. The van der Waals surface area contributed by atoms with Crippen molar-refractivity contribution in [3.05, 3.63) is 35.9 Å². The standard InChI is InChI=1S/C14H19N3O4/c15-10(9-4-2-1-3-5-9)8-13(19)17-11(14(20)21)6-7-12(16)18/h1-5,10-11H,6-8,15H2,(H2,16,18)(H,17,19)(H,20,21)/t10?,11-/m0/s1. The molecule has 0 radical (unpaired) electrons. The third kappa shape index (κ3) is 6.05. The minimum absolute atomic E-state index is 0.0373. The molecule has 1 rings (SSSR count). The number of rotatable bonds is 8. The van der Waals surface area contributed by atoms with Crippen molar-refractivity contribution in [3.8, 4) is 0 Å². The normalized spacial score (nSPS) is 13.2. The lowest BCUT2D eigenvalue weighted by Gasteiger charge is -2.16. The van der Waals surface area contributed by atoms with Gasteiger partial charge in [0, 0.05) is 18.9 Å². The fourth-order valence-electron chi connectivity index (χ4n) is 1.82. The molecule has 0 aliphatic heterocycles. The lowest BCUT2D eigenvalue weighted by Crippen LogP contribution is -2.42. The van der Waals surface area contributed by atoms with Crippen LogP contribution in [0.4, 0.5) is 0 Å². The van der Waals surface area contributed by atoms with E-state index in [4.69, 9.17) is 16.6 Å². The average Bonchev–Trinajstić information content (AvgIpc) is 2.43. The Morgan fingerprint density at radius 3 is 2.33 bits per heavy atom. The zero-order valence-corrected chi connectivity index (χ0v) is 11.5. The van der Waals surface area contributed by atoms with Gasteiger partial charge in [-0.1, -0.05) is 30.3 Å². The van der Waals surface area contributed by atoms with Crippen LogP contribution < -0.4 is 16.8 Å². The number of amides is 2. The van der Waals surface area contributed by atoms with Gasteiger partial charge in [0.2, 0.25) is 11.8 Å². The van der Waals surface area contributed by atoms with Crippen LogP contribution >= 0.6 is 0 Å². The van der Waals surface area contributed by atoms with Crippen LogP contribution in [0.3, 0.4) is 0 Å². The molecule has 0 saturated heterocycles. The fourth-order valence-corrected chi connectivity index (χ4v) is 1.82. The summed E-state index contributed by atoms with van der Waals surface area (Å²) in [6.45, 7) is 0. The van der Waals surface area contributed by atoms with E-state index < -0.39 is 29.9 Å². The Balaban J connectivity index is 2.54. The molecule has 21 heavy (non-hydrogen) atoms. The molecule has 0 spiro atoms. The number of aliphatic carboxylic acids is 1. The van der Waals surface area contributed by atoms with Gasteiger partial charge in [0.25, 0.3) is 0 Å². The second-order valence-corrected chi connectivity index (χ2v) is 4.68. The first kappa shape index (κ1) is 16.6. The number of hydrogen-bond acceptors (Lipinski definition) is 4. The van der Waals surface area contributed by atoms with E-state index in [9.17, 15) is 14.4 Å². The molecule has 0 aromatic heterocycles. The zero-order valence-electron chi connectivity index (χ0n) is 11.5. The molecule has 6 N–H and O–H groups in total. The number of carbonyl (C=O) groups excluding carboxylic acids is 2. The van der Waals surface area contributed by atoms with Gasteiger partial charge in [0.05, 0.1) is 0 Å². The lowest BCUT2D eigenvalue weighted by molar-refractivity contribution is -0.142. The van der Waals surface area contributed by atoms with Crippen molar-refractivity contribution in [2.75, 3.05) is 0 Å². The molecule has 0 bridgehead atoms. The molecular formula is C14H19N3O4. The van der Waals surface area contributed by atoms with Crippen molar-refractivity contribution in [1.82, 2.24) is 5.32 Å². The summed E-state index contributed by atoms with van der Waals surface area (Å²) in [6.07, 6.45) is -0.191. The maximum absolute atomic E-state index is 11.8. The molecule has 0 saturated carbocycles. The Bertz CT molecular complexity index is 504. The summed E-state index contributed by atoms with van der Waals surface area (Å²) in [5.74, 6) is -2.31. The summed E-state index contributed by atoms with van der Waals surface area (Å²) >= 11 is 0. The largest absolute Gasteiger partial charge is 0.480 e. The van der Waals surface area contributed by atoms with E-state index in [2.05, 4.69) is 5.32 Å². The van der Waals surface area contributed by atoms with Gasteiger partial charge in [-0.3, -0.25) is 9.59 Å². The Labute approximate surface area is 122 Å². The molecule has 0 fully saturated rings. The van der Waals surface area contributed by atoms with Crippen molar-refractivity contribution in [1.29, 1.82) is 0 Å². The predicted octanol–water partition coefficient (Wildman–Crippen LogP) is -0.0886. The number of carbonyl (C=O) groups is 3. The van der Waals surface area contributed by atoms with Gasteiger partial charge in [0.1, 0.15) is 6.04 Å². The first-order valence-electron chi connectivity index (χ1n) is 6.51. The quantitative estimate of drug-likeness (QED) is 0.531. The number of benzene rings is 1. The number of carboxylic acids is 1. The molecule has 2 atom stereocenters. The Morgan fingerprint density at radius 2 is 1.81 bits per heavy atom. The van der Waals surface area contributed by atoms with Crippen molar-refractivity contribution in [2.45, 2.75) is 31.3 Å². The predicted molar refractivity (Wildman–Crippen MR) is 76.0 cm³/mol. The lowest BCUT2D eigenvalue weighted by atomic mass is 10.0. The number of nitrogens with one attached hydrogen (secondary N) is 1. The van der Waals surface area contributed by atoms with Crippen molar-refractivity contribution in [2.24, 2.45) is 11.5 Å². The second-order valence-electron chi connectivity index (χ2n) is 4.68. The molecule has 7 heteroatoms. The average molecular weight is 293 g/mol. The second kappa shape index (κ2) is 8.01. The number of primary amides is 1. The van der Waals surface area contributed by atoms with E-state index >= 15 is 0 Å². The molecule has 1 aromatic rings. The molecule has 1 aromatic carbocycles. The summed E-state index contributed by atoms with van der Waals surface area (Å²) in [6, 6.07) is 7.37. The van der Waals surface area contributed by atoms with Crippen molar-refractivity contribution < 1.29 is 19.5 Å². The van der Waals surface area contributed by atoms with Gasteiger partial charge in [-0.2, -0.15) is 0 Å². The molecular weight excluding hydrogens is 274 g/mol. The molecule has 114 valence electrons. The highest BCUT2D eigenvalue weighted by Crippen LogP contribution is 2.13. The molecule has 1 unspecified atom stereocenters. The molecule has 0 aliphatic carbocycles.